The number of likely N-dealkylation sites (N-methyl/N-ethyl adjacent to an activating group) is 1. The lowest BCUT2D eigenvalue weighted by Crippen LogP contribution is -2.56. The monoisotopic (exact) mass is 233 g/mol. The normalized spacial score (nSPS) is 17.5. The van der Waals surface area contributed by atoms with Gasteiger partial charge in [0.05, 0.1) is 0 Å². The zero-order valence-electron chi connectivity index (χ0n) is 10.6. The standard InChI is InChI=1S/C14H19NO2/c1-10(2)15(3)14(13(16)17)8-11-6-4-5-7-12(11)9-14/h4-7,10H,8-9H2,1-3H3,(H,16,17). The molecule has 0 aromatic heterocycles. The first kappa shape index (κ1) is 12.1. The Labute approximate surface area is 102 Å². The molecule has 0 amide bonds. The molecule has 0 unspecified atom stereocenters. The average molecular weight is 233 g/mol. The largest absolute Gasteiger partial charge is 0.480 e. The van der Waals surface area contributed by atoms with Crippen molar-refractivity contribution in [1.29, 1.82) is 0 Å². The van der Waals surface area contributed by atoms with Crippen molar-refractivity contribution in [2.45, 2.75) is 38.3 Å². The number of carboxylic acids is 1. The van der Waals surface area contributed by atoms with E-state index in [0.717, 1.165) is 0 Å². The molecule has 1 aliphatic rings. The number of rotatable bonds is 3. The minimum absolute atomic E-state index is 0.223. The average Bonchev–Trinajstić information content (AvgIpc) is 2.68. The molecule has 0 atom stereocenters. The van der Waals surface area contributed by atoms with E-state index in [1.54, 1.807) is 0 Å². The molecule has 3 heteroatoms. The number of benzene rings is 1. The molecule has 1 aromatic rings. The Balaban J connectivity index is 2.39. The molecule has 3 nitrogen and oxygen atoms in total. The number of fused-ring (bicyclic) bond motifs is 1. The molecule has 1 aliphatic carbocycles. The van der Waals surface area contributed by atoms with Crippen LogP contribution >= 0.6 is 0 Å². The molecule has 0 heterocycles. The third-order valence-electron chi connectivity index (χ3n) is 3.93. The van der Waals surface area contributed by atoms with Crippen LogP contribution in [-0.2, 0) is 17.6 Å². The molecule has 0 bridgehead atoms. The molecular formula is C14H19NO2. The Morgan fingerprint density at radius 2 is 1.76 bits per heavy atom. The van der Waals surface area contributed by atoms with Crippen molar-refractivity contribution in [2.75, 3.05) is 7.05 Å². The van der Waals surface area contributed by atoms with Crippen molar-refractivity contribution in [2.24, 2.45) is 0 Å². The molecule has 0 radical (unpaired) electrons. The number of carboxylic acid groups (broad SMARTS) is 1. The minimum Gasteiger partial charge on any atom is -0.480 e. The summed E-state index contributed by atoms with van der Waals surface area (Å²) in [5, 5.41) is 9.61. The molecule has 1 aromatic carbocycles. The number of hydrogen-bond donors (Lipinski definition) is 1. The molecule has 0 saturated heterocycles. The Bertz CT molecular complexity index is 415. The Kier molecular flexibility index (Phi) is 2.96. The zero-order chi connectivity index (χ0) is 12.6. The maximum atomic E-state index is 11.7. The molecular weight excluding hydrogens is 214 g/mol. The fourth-order valence-electron chi connectivity index (χ4n) is 2.64. The van der Waals surface area contributed by atoms with Crippen LogP contribution in [0.4, 0.5) is 0 Å². The van der Waals surface area contributed by atoms with Crippen LogP contribution in [0.2, 0.25) is 0 Å². The molecule has 92 valence electrons. The highest BCUT2D eigenvalue weighted by Gasteiger charge is 2.47. The Hall–Kier alpha value is -1.35. The van der Waals surface area contributed by atoms with Crippen molar-refractivity contribution in [3.05, 3.63) is 35.4 Å². The maximum Gasteiger partial charge on any atom is 0.324 e. The van der Waals surface area contributed by atoms with Crippen LogP contribution in [0.15, 0.2) is 24.3 Å². The molecule has 1 N–H and O–H groups in total. The van der Waals surface area contributed by atoms with E-state index < -0.39 is 11.5 Å². The van der Waals surface area contributed by atoms with Gasteiger partial charge in [-0.3, -0.25) is 9.69 Å². The second-order valence-electron chi connectivity index (χ2n) is 5.16. The predicted molar refractivity (Wildman–Crippen MR) is 67.1 cm³/mol. The van der Waals surface area contributed by atoms with E-state index in [1.807, 2.05) is 50.1 Å². The van der Waals surface area contributed by atoms with Crippen molar-refractivity contribution in [3.8, 4) is 0 Å². The molecule has 17 heavy (non-hydrogen) atoms. The first-order valence-corrected chi connectivity index (χ1v) is 6.00. The summed E-state index contributed by atoms with van der Waals surface area (Å²) >= 11 is 0. The quantitative estimate of drug-likeness (QED) is 0.867. The number of hydrogen-bond acceptors (Lipinski definition) is 2. The maximum absolute atomic E-state index is 11.7. The molecule has 2 rings (SSSR count). The Morgan fingerprint density at radius 3 is 2.12 bits per heavy atom. The van der Waals surface area contributed by atoms with Crippen LogP contribution in [0.5, 0.6) is 0 Å². The van der Waals surface area contributed by atoms with Crippen molar-refractivity contribution >= 4 is 5.97 Å². The highest BCUT2D eigenvalue weighted by molar-refractivity contribution is 5.81. The van der Waals surface area contributed by atoms with Gasteiger partial charge in [0.15, 0.2) is 0 Å². The van der Waals surface area contributed by atoms with Crippen LogP contribution in [0.3, 0.4) is 0 Å². The number of carbonyl (C=O) groups is 1. The lowest BCUT2D eigenvalue weighted by Gasteiger charge is -2.37. The summed E-state index contributed by atoms with van der Waals surface area (Å²) < 4.78 is 0. The highest BCUT2D eigenvalue weighted by Crippen LogP contribution is 2.35. The molecule has 0 spiro atoms. The summed E-state index contributed by atoms with van der Waals surface area (Å²) in [5.41, 5.74) is 1.57. The van der Waals surface area contributed by atoms with Gasteiger partial charge in [-0.1, -0.05) is 24.3 Å². The van der Waals surface area contributed by atoms with Crippen molar-refractivity contribution in [3.63, 3.8) is 0 Å². The third-order valence-corrected chi connectivity index (χ3v) is 3.93. The minimum atomic E-state index is -0.766. The first-order chi connectivity index (χ1) is 7.97. The molecule has 0 aliphatic heterocycles. The fraction of sp³-hybridized carbons (Fsp3) is 0.500. The van der Waals surface area contributed by atoms with Gasteiger partial charge in [-0.05, 0) is 32.0 Å². The van der Waals surface area contributed by atoms with Gasteiger partial charge in [-0.15, -0.1) is 0 Å². The lowest BCUT2D eigenvalue weighted by atomic mass is 9.92. The van der Waals surface area contributed by atoms with E-state index >= 15 is 0 Å². The van der Waals surface area contributed by atoms with E-state index in [1.165, 1.54) is 11.1 Å². The summed E-state index contributed by atoms with van der Waals surface area (Å²) in [6.45, 7) is 4.07. The van der Waals surface area contributed by atoms with Crippen LogP contribution in [0.1, 0.15) is 25.0 Å². The van der Waals surface area contributed by atoms with E-state index in [-0.39, 0.29) is 6.04 Å². The second-order valence-corrected chi connectivity index (χ2v) is 5.16. The van der Waals surface area contributed by atoms with Crippen LogP contribution in [0, 0.1) is 0 Å². The van der Waals surface area contributed by atoms with E-state index in [9.17, 15) is 9.90 Å². The molecule has 0 saturated carbocycles. The molecule has 0 fully saturated rings. The van der Waals surface area contributed by atoms with E-state index in [0.29, 0.717) is 12.8 Å². The number of nitrogens with zero attached hydrogens (tertiary/aromatic N) is 1. The first-order valence-electron chi connectivity index (χ1n) is 6.00. The van der Waals surface area contributed by atoms with Gasteiger partial charge in [0.1, 0.15) is 5.54 Å². The van der Waals surface area contributed by atoms with E-state index in [2.05, 4.69) is 0 Å². The van der Waals surface area contributed by atoms with Gasteiger partial charge in [0, 0.05) is 18.9 Å². The smallest absolute Gasteiger partial charge is 0.324 e. The summed E-state index contributed by atoms with van der Waals surface area (Å²) in [5.74, 6) is -0.718. The van der Waals surface area contributed by atoms with Gasteiger partial charge in [-0.2, -0.15) is 0 Å². The van der Waals surface area contributed by atoms with Gasteiger partial charge in [-0.25, -0.2) is 0 Å². The van der Waals surface area contributed by atoms with Crippen LogP contribution in [0.25, 0.3) is 0 Å². The van der Waals surface area contributed by atoms with Gasteiger partial charge >= 0.3 is 5.97 Å². The zero-order valence-corrected chi connectivity index (χ0v) is 10.6. The summed E-state index contributed by atoms with van der Waals surface area (Å²) in [6.07, 6.45) is 1.21. The summed E-state index contributed by atoms with van der Waals surface area (Å²) in [6, 6.07) is 8.25. The Morgan fingerprint density at radius 1 is 1.29 bits per heavy atom. The van der Waals surface area contributed by atoms with Gasteiger partial charge < -0.3 is 5.11 Å². The fourth-order valence-corrected chi connectivity index (χ4v) is 2.64. The number of aliphatic carboxylic acids is 1. The van der Waals surface area contributed by atoms with Crippen molar-refractivity contribution < 1.29 is 9.90 Å². The topological polar surface area (TPSA) is 40.5 Å². The predicted octanol–water partition coefficient (Wildman–Crippen LogP) is 1.95. The second kappa shape index (κ2) is 4.15. The van der Waals surface area contributed by atoms with Crippen molar-refractivity contribution in [1.82, 2.24) is 4.90 Å². The van der Waals surface area contributed by atoms with Gasteiger partial charge in [0.2, 0.25) is 0 Å². The third kappa shape index (κ3) is 1.84. The van der Waals surface area contributed by atoms with Gasteiger partial charge in [0.25, 0.3) is 0 Å². The van der Waals surface area contributed by atoms with Crippen LogP contribution in [-0.4, -0.2) is 34.6 Å². The van der Waals surface area contributed by atoms with Crippen LogP contribution < -0.4 is 0 Å². The summed E-state index contributed by atoms with van der Waals surface area (Å²) in [7, 11) is 1.91. The lowest BCUT2D eigenvalue weighted by molar-refractivity contribution is -0.151. The summed E-state index contributed by atoms with van der Waals surface area (Å²) in [4.78, 5) is 13.7. The SMILES string of the molecule is CC(C)N(C)C1(C(=O)O)Cc2ccccc2C1. The van der Waals surface area contributed by atoms with E-state index in [4.69, 9.17) is 0 Å². The highest BCUT2D eigenvalue weighted by atomic mass is 16.4.